The van der Waals surface area contributed by atoms with Crippen LogP contribution in [-0.4, -0.2) is 18.4 Å². The standard InChI is InChI=1S/C18H13N3O4S/c22-18-20-15-8-7-14(10-16(15)25-18)26(23,24)21-17-9-6-13(11-19-17)12-4-2-1-3-5-12/h1-11H,(H,19,21)(H,20,22). The van der Waals surface area contributed by atoms with E-state index < -0.39 is 15.8 Å². The maximum absolute atomic E-state index is 12.5. The maximum atomic E-state index is 12.5. The number of H-pyrrole nitrogens is 1. The Morgan fingerprint density at radius 1 is 0.962 bits per heavy atom. The fraction of sp³-hybridized carbons (Fsp3) is 0. The molecule has 130 valence electrons. The third kappa shape index (κ3) is 3.09. The van der Waals surface area contributed by atoms with E-state index >= 15 is 0 Å². The van der Waals surface area contributed by atoms with Crippen molar-refractivity contribution < 1.29 is 12.8 Å². The summed E-state index contributed by atoms with van der Waals surface area (Å²) in [5, 5.41) is 0. The first-order chi connectivity index (χ1) is 12.5. The second kappa shape index (κ2) is 6.16. The van der Waals surface area contributed by atoms with Crippen molar-refractivity contribution in [3.8, 4) is 11.1 Å². The van der Waals surface area contributed by atoms with Gasteiger partial charge in [0.2, 0.25) is 0 Å². The Balaban J connectivity index is 1.61. The van der Waals surface area contributed by atoms with E-state index in [2.05, 4.69) is 14.7 Å². The van der Waals surface area contributed by atoms with Gasteiger partial charge in [-0.05, 0) is 29.8 Å². The summed E-state index contributed by atoms with van der Waals surface area (Å²) in [6, 6.07) is 17.2. The Labute approximate surface area is 148 Å². The molecule has 0 spiro atoms. The van der Waals surface area contributed by atoms with Crippen molar-refractivity contribution in [3.05, 3.63) is 77.4 Å². The Morgan fingerprint density at radius 2 is 1.77 bits per heavy atom. The van der Waals surface area contributed by atoms with Crippen LogP contribution in [0, 0.1) is 0 Å². The summed E-state index contributed by atoms with van der Waals surface area (Å²) in [6.07, 6.45) is 1.60. The highest BCUT2D eigenvalue weighted by Gasteiger charge is 2.16. The van der Waals surface area contributed by atoms with Crippen LogP contribution in [0.1, 0.15) is 0 Å². The summed E-state index contributed by atoms with van der Waals surface area (Å²) < 4.78 is 32.4. The fourth-order valence-corrected chi connectivity index (χ4v) is 3.57. The Morgan fingerprint density at radius 3 is 2.50 bits per heavy atom. The second-order valence-corrected chi connectivity index (χ2v) is 7.26. The zero-order chi connectivity index (χ0) is 18.1. The number of aromatic nitrogens is 2. The number of aromatic amines is 1. The summed E-state index contributed by atoms with van der Waals surface area (Å²) in [5.41, 5.74) is 2.47. The van der Waals surface area contributed by atoms with E-state index in [1.807, 2.05) is 30.3 Å². The quantitative estimate of drug-likeness (QED) is 0.577. The minimum absolute atomic E-state index is 0.0262. The molecule has 0 radical (unpaired) electrons. The average Bonchev–Trinajstić information content (AvgIpc) is 3.02. The van der Waals surface area contributed by atoms with Crippen LogP contribution in [0.15, 0.2) is 81.0 Å². The highest BCUT2D eigenvalue weighted by molar-refractivity contribution is 7.92. The predicted molar refractivity (Wildman–Crippen MR) is 97.3 cm³/mol. The van der Waals surface area contributed by atoms with Gasteiger partial charge in [0, 0.05) is 17.8 Å². The van der Waals surface area contributed by atoms with E-state index in [1.165, 1.54) is 18.2 Å². The number of hydrogen-bond donors (Lipinski definition) is 2. The summed E-state index contributed by atoms with van der Waals surface area (Å²) in [6.45, 7) is 0. The minimum Gasteiger partial charge on any atom is -0.408 e. The molecule has 4 aromatic rings. The number of hydrogen-bond acceptors (Lipinski definition) is 5. The van der Waals surface area contributed by atoms with E-state index in [-0.39, 0.29) is 16.3 Å². The number of fused-ring (bicyclic) bond motifs is 1. The number of pyridine rings is 1. The molecule has 26 heavy (non-hydrogen) atoms. The van der Waals surface area contributed by atoms with Gasteiger partial charge in [0.25, 0.3) is 10.0 Å². The van der Waals surface area contributed by atoms with Crippen LogP contribution < -0.4 is 10.5 Å². The number of oxazole rings is 1. The van der Waals surface area contributed by atoms with Gasteiger partial charge in [-0.3, -0.25) is 9.71 Å². The topological polar surface area (TPSA) is 105 Å². The number of benzene rings is 2. The second-order valence-electron chi connectivity index (χ2n) is 5.58. The van der Waals surface area contributed by atoms with Crippen molar-refractivity contribution in [1.29, 1.82) is 0 Å². The molecule has 2 N–H and O–H groups in total. The molecule has 0 amide bonds. The van der Waals surface area contributed by atoms with Gasteiger partial charge in [0.15, 0.2) is 5.58 Å². The van der Waals surface area contributed by atoms with Crippen molar-refractivity contribution in [2.45, 2.75) is 4.90 Å². The lowest BCUT2D eigenvalue weighted by Crippen LogP contribution is -2.13. The number of nitrogens with one attached hydrogen (secondary N) is 2. The maximum Gasteiger partial charge on any atom is 0.417 e. The molecule has 0 saturated carbocycles. The molecule has 0 fully saturated rings. The number of rotatable bonds is 4. The first-order valence-electron chi connectivity index (χ1n) is 7.68. The Hall–Kier alpha value is -3.39. The predicted octanol–water partition coefficient (Wildman–Crippen LogP) is 2.98. The molecule has 7 nitrogen and oxygen atoms in total. The normalized spacial score (nSPS) is 11.5. The van der Waals surface area contributed by atoms with Crippen LogP contribution in [-0.2, 0) is 10.0 Å². The highest BCUT2D eigenvalue weighted by Crippen LogP contribution is 2.22. The Kier molecular flexibility index (Phi) is 3.81. The molecule has 0 saturated heterocycles. The molecule has 0 bridgehead atoms. The van der Waals surface area contributed by atoms with E-state index in [4.69, 9.17) is 4.42 Å². The highest BCUT2D eigenvalue weighted by atomic mass is 32.2. The van der Waals surface area contributed by atoms with Crippen LogP contribution in [0.5, 0.6) is 0 Å². The van der Waals surface area contributed by atoms with E-state index in [0.29, 0.717) is 5.52 Å². The molecule has 0 aliphatic rings. The van der Waals surface area contributed by atoms with Gasteiger partial charge in [0.05, 0.1) is 10.4 Å². The van der Waals surface area contributed by atoms with Crippen molar-refractivity contribution in [2.24, 2.45) is 0 Å². The monoisotopic (exact) mass is 367 g/mol. The van der Waals surface area contributed by atoms with Crippen LogP contribution in [0.2, 0.25) is 0 Å². The molecule has 0 atom stereocenters. The Bertz CT molecular complexity index is 1230. The molecular formula is C18H13N3O4S. The lowest BCUT2D eigenvalue weighted by Gasteiger charge is -2.08. The molecule has 0 unspecified atom stereocenters. The fourth-order valence-electron chi connectivity index (χ4n) is 2.55. The minimum atomic E-state index is -3.86. The molecule has 0 aliphatic heterocycles. The van der Waals surface area contributed by atoms with Gasteiger partial charge in [-0.1, -0.05) is 30.3 Å². The van der Waals surface area contributed by atoms with Gasteiger partial charge in [0.1, 0.15) is 5.82 Å². The smallest absolute Gasteiger partial charge is 0.408 e. The molecular weight excluding hydrogens is 354 g/mol. The lowest BCUT2D eigenvalue weighted by molar-refractivity contribution is 0.554. The first kappa shape index (κ1) is 16.1. The average molecular weight is 367 g/mol. The van der Waals surface area contributed by atoms with E-state index in [9.17, 15) is 13.2 Å². The van der Waals surface area contributed by atoms with Crippen LogP contribution in [0.3, 0.4) is 0 Å². The first-order valence-corrected chi connectivity index (χ1v) is 9.17. The van der Waals surface area contributed by atoms with E-state index in [0.717, 1.165) is 11.1 Å². The number of sulfonamides is 1. The summed E-state index contributed by atoms with van der Waals surface area (Å²) >= 11 is 0. The van der Waals surface area contributed by atoms with Gasteiger partial charge in [-0.15, -0.1) is 0 Å². The van der Waals surface area contributed by atoms with Crippen LogP contribution >= 0.6 is 0 Å². The molecule has 8 heteroatoms. The van der Waals surface area contributed by atoms with Crippen molar-refractivity contribution in [3.63, 3.8) is 0 Å². The van der Waals surface area contributed by atoms with Gasteiger partial charge < -0.3 is 4.42 Å². The number of nitrogens with zero attached hydrogens (tertiary/aromatic N) is 1. The number of anilines is 1. The van der Waals surface area contributed by atoms with Crippen LogP contribution in [0.25, 0.3) is 22.2 Å². The lowest BCUT2D eigenvalue weighted by atomic mass is 10.1. The van der Waals surface area contributed by atoms with Gasteiger partial charge in [-0.25, -0.2) is 18.2 Å². The molecule has 0 aliphatic carbocycles. The molecule has 2 heterocycles. The molecule has 2 aromatic carbocycles. The third-order valence-electron chi connectivity index (χ3n) is 3.81. The third-order valence-corrected chi connectivity index (χ3v) is 5.16. The van der Waals surface area contributed by atoms with Crippen molar-refractivity contribution in [1.82, 2.24) is 9.97 Å². The summed E-state index contributed by atoms with van der Waals surface area (Å²) in [7, 11) is -3.86. The van der Waals surface area contributed by atoms with Gasteiger partial charge >= 0.3 is 5.76 Å². The zero-order valence-corrected chi connectivity index (χ0v) is 14.2. The van der Waals surface area contributed by atoms with E-state index in [1.54, 1.807) is 18.3 Å². The van der Waals surface area contributed by atoms with Crippen LogP contribution in [0.4, 0.5) is 5.82 Å². The molecule has 4 rings (SSSR count). The van der Waals surface area contributed by atoms with Crippen molar-refractivity contribution >= 4 is 26.9 Å². The van der Waals surface area contributed by atoms with Crippen molar-refractivity contribution in [2.75, 3.05) is 4.72 Å². The SMILES string of the molecule is O=c1[nH]c2ccc(S(=O)(=O)Nc3ccc(-c4ccccc4)cn3)cc2o1. The van der Waals surface area contributed by atoms with Gasteiger partial charge in [-0.2, -0.15) is 0 Å². The molecule has 2 aromatic heterocycles. The summed E-state index contributed by atoms with van der Waals surface area (Å²) in [5.74, 6) is -0.444. The zero-order valence-electron chi connectivity index (χ0n) is 13.3. The summed E-state index contributed by atoms with van der Waals surface area (Å²) in [4.78, 5) is 17.8. The largest absolute Gasteiger partial charge is 0.417 e.